The third-order valence-corrected chi connectivity index (χ3v) is 1.41. The maximum Gasteiger partial charge on any atom is 0.108 e. The van der Waals surface area contributed by atoms with E-state index in [1.165, 1.54) is 0 Å². The van der Waals surface area contributed by atoms with E-state index in [1.807, 2.05) is 17.5 Å². The molecule has 0 amide bonds. The molecule has 1 unspecified atom stereocenters. The van der Waals surface area contributed by atoms with Gasteiger partial charge in [0.15, 0.2) is 0 Å². The van der Waals surface area contributed by atoms with E-state index in [0.717, 1.165) is 5.82 Å². The van der Waals surface area contributed by atoms with Gasteiger partial charge in [0, 0.05) is 12.4 Å². The van der Waals surface area contributed by atoms with Crippen molar-refractivity contribution >= 4 is 9.39 Å². The molecule has 0 spiro atoms. The van der Waals surface area contributed by atoms with Gasteiger partial charge in [-0.05, 0) is 16.3 Å². The summed E-state index contributed by atoms with van der Waals surface area (Å²) in [6.07, 6.45) is 3.66. The first-order valence-electron chi connectivity index (χ1n) is 2.06. The predicted octanol–water partition coefficient (Wildman–Crippen LogP) is 0.830. The highest BCUT2D eigenvalue weighted by Crippen LogP contribution is 1.97. The van der Waals surface area contributed by atoms with Crippen LogP contribution in [0.3, 0.4) is 0 Å². The SMILES string of the molecule is Cc1nccn1P. The van der Waals surface area contributed by atoms with Crippen LogP contribution < -0.4 is 0 Å². The van der Waals surface area contributed by atoms with Gasteiger partial charge in [0.2, 0.25) is 0 Å². The Morgan fingerprint density at radius 3 is 2.71 bits per heavy atom. The standard InChI is InChI=1S/C4H7N2P/c1-4-5-2-3-6(4)7/h2-3H,7H2,1H3. The molecular weight excluding hydrogens is 107 g/mol. The smallest absolute Gasteiger partial charge is 0.108 e. The molecule has 2 nitrogen and oxygen atoms in total. The van der Waals surface area contributed by atoms with Gasteiger partial charge >= 0.3 is 0 Å². The zero-order chi connectivity index (χ0) is 5.28. The van der Waals surface area contributed by atoms with E-state index in [9.17, 15) is 0 Å². The summed E-state index contributed by atoms with van der Waals surface area (Å²) in [7, 11) is 2.53. The van der Waals surface area contributed by atoms with E-state index in [-0.39, 0.29) is 0 Å². The first kappa shape index (κ1) is 4.79. The number of rotatable bonds is 0. The Morgan fingerprint density at radius 2 is 2.57 bits per heavy atom. The quantitative estimate of drug-likeness (QED) is 0.457. The van der Waals surface area contributed by atoms with Crippen LogP contribution in [0.25, 0.3) is 0 Å². The molecule has 3 heteroatoms. The fraction of sp³-hybridized carbons (Fsp3) is 0.250. The maximum atomic E-state index is 3.96. The number of hydrogen-bond donors (Lipinski definition) is 0. The molecule has 0 saturated carbocycles. The lowest BCUT2D eigenvalue weighted by molar-refractivity contribution is 1.10. The normalized spacial score (nSPS) is 9.43. The average molecular weight is 114 g/mol. The van der Waals surface area contributed by atoms with Gasteiger partial charge in [0.1, 0.15) is 5.82 Å². The number of nitrogens with zero attached hydrogens (tertiary/aromatic N) is 2. The molecule has 7 heavy (non-hydrogen) atoms. The molecule has 1 aromatic rings. The number of aryl methyl sites for hydroxylation is 1. The molecular formula is C4H7N2P. The minimum absolute atomic E-state index is 1.02. The van der Waals surface area contributed by atoms with Crippen molar-refractivity contribution in [2.75, 3.05) is 0 Å². The van der Waals surface area contributed by atoms with Gasteiger partial charge in [-0.25, -0.2) is 4.98 Å². The van der Waals surface area contributed by atoms with Crippen molar-refractivity contribution in [1.29, 1.82) is 0 Å². The van der Waals surface area contributed by atoms with Crippen LogP contribution >= 0.6 is 9.39 Å². The van der Waals surface area contributed by atoms with E-state index in [4.69, 9.17) is 0 Å². The van der Waals surface area contributed by atoms with Gasteiger partial charge in [-0.15, -0.1) is 0 Å². The highest BCUT2D eigenvalue weighted by molar-refractivity contribution is 7.14. The van der Waals surface area contributed by atoms with E-state index < -0.39 is 0 Å². The molecule has 1 rings (SSSR count). The lowest BCUT2D eigenvalue weighted by Gasteiger charge is -1.87. The Morgan fingerprint density at radius 1 is 1.86 bits per heavy atom. The molecule has 0 fully saturated rings. The zero-order valence-electron chi connectivity index (χ0n) is 4.13. The molecule has 1 heterocycles. The third-order valence-electron chi connectivity index (χ3n) is 0.862. The second kappa shape index (κ2) is 1.63. The van der Waals surface area contributed by atoms with Gasteiger partial charge in [-0.1, -0.05) is 0 Å². The zero-order valence-corrected chi connectivity index (χ0v) is 5.28. The number of hydrogen-bond acceptors (Lipinski definition) is 1. The lowest BCUT2D eigenvalue weighted by Crippen LogP contribution is -1.78. The van der Waals surface area contributed by atoms with Crippen LogP contribution in [0.4, 0.5) is 0 Å². The van der Waals surface area contributed by atoms with Crippen molar-refractivity contribution < 1.29 is 0 Å². The molecule has 0 N–H and O–H groups in total. The van der Waals surface area contributed by atoms with E-state index in [0.29, 0.717) is 0 Å². The fourth-order valence-electron chi connectivity index (χ4n) is 0.388. The Hall–Kier alpha value is -0.360. The van der Waals surface area contributed by atoms with Crippen LogP contribution in [0.5, 0.6) is 0 Å². The minimum atomic E-state index is 1.02. The van der Waals surface area contributed by atoms with E-state index in [1.54, 1.807) is 6.20 Å². The van der Waals surface area contributed by atoms with Crippen LogP contribution in [-0.4, -0.2) is 9.32 Å². The summed E-state index contributed by atoms with van der Waals surface area (Å²) >= 11 is 0. The molecule has 0 bridgehead atoms. The van der Waals surface area contributed by atoms with E-state index >= 15 is 0 Å². The fourth-order valence-corrected chi connectivity index (χ4v) is 0.531. The Labute approximate surface area is 44.8 Å². The lowest BCUT2D eigenvalue weighted by atomic mass is 10.8. The molecule has 1 aromatic heterocycles. The van der Waals surface area contributed by atoms with E-state index in [2.05, 4.69) is 14.4 Å². The van der Waals surface area contributed by atoms with Crippen LogP contribution in [0.2, 0.25) is 0 Å². The van der Waals surface area contributed by atoms with Crippen LogP contribution in [0.15, 0.2) is 12.4 Å². The topological polar surface area (TPSA) is 17.8 Å². The molecule has 0 aliphatic rings. The monoisotopic (exact) mass is 114 g/mol. The Kier molecular flexibility index (Phi) is 1.11. The van der Waals surface area contributed by atoms with Crippen molar-refractivity contribution in [3.63, 3.8) is 0 Å². The van der Waals surface area contributed by atoms with Gasteiger partial charge in [-0.3, -0.25) is 0 Å². The molecule has 0 aliphatic carbocycles. The molecule has 0 radical (unpaired) electrons. The highest BCUT2D eigenvalue weighted by atomic mass is 31.0. The number of imidazole rings is 1. The van der Waals surface area contributed by atoms with Gasteiger partial charge in [-0.2, -0.15) is 0 Å². The summed E-state index contributed by atoms with van der Waals surface area (Å²) in [4.78, 5) is 3.96. The highest BCUT2D eigenvalue weighted by Gasteiger charge is 1.83. The predicted molar refractivity (Wildman–Crippen MR) is 32.1 cm³/mol. The third kappa shape index (κ3) is 0.804. The first-order chi connectivity index (χ1) is 3.30. The van der Waals surface area contributed by atoms with Crippen LogP contribution in [0.1, 0.15) is 5.82 Å². The molecule has 0 aromatic carbocycles. The van der Waals surface area contributed by atoms with Crippen molar-refractivity contribution in [3.8, 4) is 0 Å². The largest absolute Gasteiger partial charge is 0.320 e. The molecule has 0 aliphatic heterocycles. The van der Waals surface area contributed by atoms with Crippen molar-refractivity contribution in [2.24, 2.45) is 0 Å². The molecule has 1 atom stereocenters. The average Bonchev–Trinajstić information content (AvgIpc) is 1.91. The summed E-state index contributed by atoms with van der Waals surface area (Å²) in [5.41, 5.74) is 0. The minimum Gasteiger partial charge on any atom is -0.320 e. The van der Waals surface area contributed by atoms with Gasteiger partial charge in [0.25, 0.3) is 0 Å². The van der Waals surface area contributed by atoms with Crippen molar-refractivity contribution in [1.82, 2.24) is 9.32 Å². The Balaban J connectivity index is 3.12. The summed E-state index contributed by atoms with van der Waals surface area (Å²) in [6, 6.07) is 0. The summed E-state index contributed by atoms with van der Waals surface area (Å²) in [5.74, 6) is 1.02. The molecule has 0 saturated heterocycles. The van der Waals surface area contributed by atoms with Gasteiger partial charge in [0.05, 0.1) is 0 Å². The second-order valence-corrected chi connectivity index (χ2v) is 1.94. The van der Waals surface area contributed by atoms with Crippen LogP contribution in [-0.2, 0) is 0 Å². The number of aromatic nitrogens is 2. The van der Waals surface area contributed by atoms with Crippen LogP contribution in [0, 0.1) is 6.92 Å². The van der Waals surface area contributed by atoms with Gasteiger partial charge < -0.3 is 4.34 Å². The second-order valence-electron chi connectivity index (χ2n) is 1.38. The summed E-state index contributed by atoms with van der Waals surface area (Å²) < 4.78 is 1.89. The summed E-state index contributed by atoms with van der Waals surface area (Å²) in [5, 5.41) is 0. The van der Waals surface area contributed by atoms with Crippen molar-refractivity contribution in [2.45, 2.75) is 6.92 Å². The maximum absolute atomic E-state index is 3.96. The summed E-state index contributed by atoms with van der Waals surface area (Å²) in [6.45, 7) is 1.95. The van der Waals surface area contributed by atoms with Crippen molar-refractivity contribution in [3.05, 3.63) is 18.2 Å². The Bertz CT molecular complexity index is 142. The first-order valence-corrected chi connectivity index (χ1v) is 2.57. The molecule has 38 valence electrons.